The second kappa shape index (κ2) is 4.71. The molecule has 0 aliphatic carbocycles. The van der Waals surface area contributed by atoms with Crippen molar-refractivity contribution in [2.75, 3.05) is 7.11 Å². The molecule has 5 heteroatoms. The molecule has 4 nitrogen and oxygen atoms in total. The molecule has 1 saturated heterocycles. The quantitative estimate of drug-likeness (QED) is 0.829. The van der Waals surface area contributed by atoms with Crippen molar-refractivity contribution in [3.8, 4) is 5.75 Å². The van der Waals surface area contributed by atoms with Gasteiger partial charge in [-0.05, 0) is 30.5 Å². The standard InChI is InChI=1S/C12H15FN2O2/c1-17-11-5-2-7(6-8(11)13)9-3-4-10(15-9)12(14)16/h2,5-6,9-10,15H,3-4H2,1H3,(H2,14,16)/t9-,10?/m1/s1. The molecule has 1 aliphatic rings. The summed E-state index contributed by atoms with van der Waals surface area (Å²) in [5.74, 6) is -0.533. The van der Waals surface area contributed by atoms with Gasteiger partial charge in [0.2, 0.25) is 5.91 Å². The van der Waals surface area contributed by atoms with E-state index in [0.29, 0.717) is 6.42 Å². The molecule has 92 valence electrons. The maximum absolute atomic E-state index is 13.5. The van der Waals surface area contributed by atoms with Crippen LogP contribution in [0.15, 0.2) is 18.2 Å². The van der Waals surface area contributed by atoms with Crippen molar-refractivity contribution in [2.24, 2.45) is 5.73 Å². The van der Waals surface area contributed by atoms with Crippen LogP contribution in [0.4, 0.5) is 4.39 Å². The first-order valence-corrected chi connectivity index (χ1v) is 5.50. The summed E-state index contributed by atoms with van der Waals surface area (Å²) in [6.45, 7) is 0. The highest BCUT2D eigenvalue weighted by Crippen LogP contribution is 2.29. The van der Waals surface area contributed by atoms with Crippen LogP contribution in [0.5, 0.6) is 5.75 Å². The number of benzene rings is 1. The van der Waals surface area contributed by atoms with Crippen LogP contribution in [0.2, 0.25) is 0 Å². The van der Waals surface area contributed by atoms with Gasteiger partial charge in [0, 0.05) is 6.04 Å². The Bertz CT molecular complexity index is 437. The van der Waals surface area contributed by atoms with Gasteiger partial charge in [-0.15, -0.1) is 0 Å². The predicted octanol–water partition coefficient (Wildman–Crippen LogP) is 1.11. The number of ether oxygens (including phenoxy) is 1. The van der Waals surface area contributed by atoms with Gasteiger partial charge in [0.15, 0.2) is 11.6 Å². The molecule has 1 heterocycles. The molecule has 0 saturated carbocycles. The summed E-state index contributed by atoms with van der Waals surface area (Å²) < 4.78 is 18.4. The van der Waals surface area contributed by atoms with E-state index in [1.807, 2.05) is 0 Å². The van der Waals surface area contributed by atoms with E-state index in [-0.39, 0.29) is 23.7 Å². The van der Waals surface area contributed by atoms with Gasteiger partial charge in [-0.3, -0.25) is 10.1 Å². The van der Waals surface area contributed by atoms with Crippen molar-refractivity contribution < 1.29 is 13.9 Å². The minimum atomic E-state index is -0.394. The van der Waals surface area contributed by atoms with Crippen molar-refractivity contribution in [1.82, 2.24) is 5.32 Å². The Kier molecular flexibility index (Phi) is 3.28. The summed E-state index contributed by atoms with van der Waals surface area (Å²) in [5, 5.41) is 3.09. The van der Waals surface area contributed by atoms with E-state index in [0.717, 1.165) is 12.0 Å². The number of hydrogen-bond acceptors (Lipinski definition) is 3. The van der Waals surface area contributed by atoms with Gasteiger partial charge in [-0.2, -0.15) is 0 Å². The van der Waals surface area contributed by atoms with Gasteiger partial charge < -0.3 is 10.5 Å². The number of carbonyl (C=O) groups excluding carboxylic acids is 1. The molecule has 1 unspecified atom stereocenters. The van der Waals surface area contributed by atoms with Crippen LogP contribution >= 0.6 is 0 Å². The average Bonchev–Trinajstić information content (AvgIpc) is 2.78. The van der Waals surface area contributed by atoms with E-state index in [1.54, 1.807) is 12.1 Å². The number of halogens is 1. The molecule has 2 rings (SSSR count). The fourth-order valence-electron chi connectivity index (χ4n) is 2.13. The highest BCUT2D eigenvalue weighted by atomic mass is 19.1. The average molecular weight is 238 g/mol. The first-order chi connectivity index (χ1) is 8.11. The zero-order valence-corrected chi connectivity index (χ0v) is 9.57. The molecule has 0 spiro atoms. The van der Waals surface area contributed by atoms with E-state index in [9.17, 15) is 9.18 Å². The molecular weight excluding hydrogens is 223 g/mol. The fraction of sp³-hybridized carbons (Fsp3) is 0.417. The topological polar surface area (TPSA) is 64.3 Å². The monoisotopic (exact) mass is 238 g/mol. The number of nitrogens with one attached hydrogen (secondary N) is 1. The van der Waals surface area contributed by atoms with Gasteiger partial charge in [-0.25, -0.2) is 4.39 Å². The fourth-order valence-corrected chi connectivity index (χ4v) is 2.13. The zero-order chi connectivity index (χ0) is 12.4. The second-order valence-electron chi connectivity index (χ2n) is 4.15. The van der Waals surface area contributed by atoms with Crippen molar-refractivity contribution in [3.05, 3.63) is 29.6 Å². The number of nitrogens with two attached hydrogens (primary N) is 1. The third-order valence-electron chi connectivity index (χ3n) is 3.07. The summed E-state index contributed by atoms with van der Waals surface area (Å²) in [5.41, 5.74) is 6.03. The molecule has 1 aromatic rings. The lowest BCUT2D eigenvalue weighted by Crippen LogP contribution is -2.37. The number of methoxy groups -OCH3 is 1. The Morgan fingerprint density at radius 2 is 2.29 bits per heavy atom. The highest BCUT2D eigenvalue weighted by Gasteiger charge is 2.28. The summed E-state index contributed by atoms with van der Waals surface area (Å²) in [6, 6.07) is 4.48. The first kappa shape index (κ1) is 11.9. The van der Waals surface area contributed by atoms with Crippen LogP contribution in [-0.4, -0.2) is 19.1 Å². The molecule has 1 amide bonds. The minimum Gasteiger partial charge on any atom is -0.494 e. The molecule has 17 heavy (non-hydrogen) atoms. The molecule has 1 fully saturated rings. The van der Waals surface area contributed by atoms with E-state index >= 15 is 0 Å². The zero-order valence-electron chi connectivity index (χ0n) is 9.57. The number of rotatable bonds is 3. The van der Waals surface area contributed by atoms with Crippen molar-refractivity contribution in [3.63, 3.8) is 0 Å². The van der Waals surface area contributed by atoms with Gasteiger partial charge in [0.05, 0.1) is 13.2 Å². The summed E-state index contributed by atoms with van der Waals surface area (Å²) in [6.07, 6.45) is 1.47. The van der Waals surface area contributed by atoms with Gasteiger partial charge >= 0.3 is 0 Å². The predicted molar refractivity (Wildman–Crippen MR) is 61.0 cm³/mol. The van der Waals surface area contributed by atoms with Gasteiger partial charge in [0.1, 0.15) is 0 Å². The van der Waals surface area contributed by atoms with Crippen LogP contribution in [0.1, 0.15) is 24.4 Å². The highest BCUT2D eigenvalue weighted by molar-refractivity contribution is 5.80. The van der Waals surface area contributed by atoms with Crippen molar-refractivity contribution in [2.45, 2.75) is 24.9 Å². The number of primary amides is 1. The smallest absolute Gasteiger partial charge is 0.234 e. The summed E-state index contributed by atoms with van der Waals surface area (Å²) in [7, 11) is 1.43. The third kappa shape index (κ3) is 2.39. The SMILES string of the molecule is COc1ccc([C@H]2CCC(C(N)=O)N2)cc1F. The van der Waals surface area contributed by atoms with E-state index in [1.165, 1.54) is 13.2 Å². The maximum Gasteiger partial charge on any atom is 0.234 e. The molecule has 1 aliphatic heterocycles. The molecular formula is C12H15FN2O2. The third-order valence-corrected chi connectivity index (χ3v) is 3.07. The Hall–Kier alpha value is -1.62. The van der Waals surface area contributed by atoms with Crippen molar-refractivity contribution in [1.29, 1.82) is 0 Å². The van der Waals surface area contributed by atoms with E-state index < -0.39 is 5.82 Å². The van der Waals surface area contributed by atoms with Crippen LogP contribution in [0, 0.1) is 5.82 Å². The van der Waals surface area contributed by atoms with E-state index in [4.69, 9.17) is 10.5 Å². The summed E-state index contributed by atoms with van der Waals surface area (Å²) in [4.78, 5) is 11.0. The first-order valence-electron chi connectivity index (χ1n) is 5.50. The van der Waals surface area contributed by atoms with Crippen molar-refractivity contribution >= 4 is 5.91 Å². The maximum atomic E-state index is 13.5. The van der Waals surface area contributed by atoms with Crippen LogP contribution < -0.4 is 15.8 Å². The van der Waals surface area contributed by atoms with Crippen LogP contribution in [0.25, 0.3) is 0 Å². The Morgan fingerprint density at radius 1 is 1.53 bits per heavy atom. The Balaban J connectivity index is 2.14. The van der Waals surface area contributed by atoms with Gasteiger partial charge in [-0.1, -0.05) is 6.07 Å². The lowest BCUT2D eigenvalue weighted by atomic mass is 10.0. The number of amides is 1. The van der Waals surface area contributed by atoms with Gasteiger partial charge in [0.25, 0.3) is 0 Å². The Morgan fingerprint density at radius 3 is 2.82 bits per heavy atom. The lowest BCUT2D eigenvalue weighted by molar-refractivity contribution is -0.119. The van der Waals surface area contributed by atoms with E-state index in [2.05, 4.69) is 5.32 Å². The van der Waals surface area contributed by atoms with Crippen LogP contribution in [0.3, 0.4) is 0 Å². The van der Waals surface area contributed by atoms with Crippen LogP contribution in [-0.2, 0) is 4.79 Å². The Labute approximate surface area is 98.9 Å². The number of hydrogen-bond donors (Lipinski definition) is 2. The molecule has 1 aromatic carbocycles. The lowest BCUT2D eigenvalue weighted by Gasteiger charge is -2.13. The second-order valence-corrected chi connectivity index (χ2v) is 4.15. The normalized spacial score (nSPS) is 23.6. The summed E-state index contributed by atoms with van der Waals surface area (Å²) >= 11 is 0. The molecule has 3 N–H and O–H groups in total. The number of carbonyl (C=O) groups is 1. The molecule has 2 atom stereocenters. The molecule has 0 aromatic heterocycles. The largest absolute Gasteiger partial charge is 0.494 e. The molecule has 0 bridgehead atoms. The molecule has 0 radical (unpaired) electrons. The minimum absolute atomic E-state index is 0.0205.